The van der Waals surface area contributed by atoms with Gasteiger partial charge in [-0.2, -0.15) is 4.31 Å². The molecule has 1 heterocycles. The third-order valence-electron chi connectivity index (χ3n) is 4.47. The number of hydrogen-bond donors (Lipinski definition) is 1. The molecule has 0 aromatic heterocycles. The van der Waals surface area contributed by atoms with Gasteiger partial charge in [0.2, 0.25) is 10.0 Å². The lowest BCUT2D eigenvalue weighted by molar-refractivity contribution is 0.0904. The molecule has 0 spiro atoms. The van der Waals surface area contributed by atoms with Crippen LogP contribution < -0.4 is 5.32 Å². The second-order valence-electron chi connectivity index (χ2n) is 7.01. The molecule has 0 unspecified atom stereocenters. The van der Waals surface area contributed by atoms with Crippen LogP contribution in [0.3, 0.4) is 0 Å². The average Bonchev–Trinajstić information content (AvgIpc) is 2.62. The zero-order valence-corrected chi connectivity index (χ0v) is 20.4. The molecule has 0 bridgehead atoms. The van der Waals surface area contributed by atoms with Crippen LogP contribution in [0.25, 0.3) is 0 Å². The molecule has 2 rings (SSSR count). The Kier molecular flexibility index (Phi) is 10.7. The first kappa shape index (κ1) is 25.1. The monoisotopic (exact) mass is 524 g/mol. The van der Waals surface area contributed by atoms with Crippen LogP contribution in [-0.2, 0) is 21.3 Å². The Bertz CT molecular complexity index is 732. The number of hydrogen-bond acceptors (Lipinski definition) is 4. The quantitative estimate of drug-likeness (QED) is 0.336. The van der Waals surface area contributed by atoms with Gasteiger partial charge in [0.15, 0.2) is 5.96 Å². The Morgan fingerprint density at radius 2 is 1.93 bits per heavy atom. The van der Waals surface area contributed by atoms with Crippen LogP contribution in [0.2, 0.25) is 0 Å². The van der Waals surface area contributed by atoms with Crippen molar-refractivity contribution in [1.82, 2.24) is 14.5 Å². The van der Waals surface area contributed by atoms with E-state index in [1.165, 1.54) is 11.1 Å². The Morgan fingerprint density at radius 3 is 2.50 bits per heavy atom. The highest BCUT2D eigenvalue weighted by Gasteiger charge is 2.27. The molecule has 1 saturated heterocycles. The lowest BCUT2D eigenvalue weighted by Gasteiger charge is -2.35. The Morgan fingerprint density at radius 1 is 1.25 bits per heavy atom. The molecular weight excluding hydrogens is 491 g/mol. The molecule has 9 heteroatoms. The molecule has 1 N–H and O–H groups in total. The number of sulfonamides is 1. The van der Waals surface area contributed by atoms with Crippen LogP contribution in [0, 0.1) is 6.92 Å². The van der Waals surface area contributed by atoms with Gasteiger partial charge in [0.1, 0.15) is 0 Å². The average molecular weight is 524 g/mol. The van der Waals surface area contributed by atoms with Crippen LogP contribution in [0.15, 0.2) is 29.3 Å². The lowest BCUT2D eigenvalue weighted by Crippen LogP contribution is -2.54. The number of benzene rings is 1. The number of guanidine groups is 1. The highest BCUT2D eigenvalue weighted by atomic mass is 127. The van der Waals surface area contributed by atoms with Gasteiger partial charge < -0.3 is 15.0 Å². The summed E-state index contributed by atoms with van der Waals surface area (Å²) in [6.45, 7) is 8.99. The van der Waals surface area contributed by atoms with Crippen molar-refractivity contribution >= 4 is 40.0 Å². The van der Waals surface area contributed by atoms with E-state index in [-0.39, 0.29) is 42.4 Å². The smallest absolute Gasteiger partial charge is 0.216 e. The first-order valence-electron chi connectivity index (χ1n) is 9.42. The van der Waals surface area contributed by atoms with E-state index in [2.05, 4.69) is 40.3 Å². The summed E-state index contributed by atoms with van der Waals surface area (Å²) in [5.41, 5.74) is 2.42. The van der Waals surface area contributed by atoms with Crippen LogP contribution in [-0.4, -0.2) is 75.3 Å². The summed E-state index contributed by atoms with van der Waals surface area (Å²) in [5, 5.41) is 3.37. The molecule has 0 aliphatic carbocycles. The van der Waals surface area contributed by atoms with E-state index < -0.39 is 10.0 Å². The number of rotatable bonds is 7. The first-order chi connectivity index (χ1) is 12.8. The third-order valence-corrected chi connectivity index (χ3v) is 6.30. The topological polar surface area (TPSA) is 74.2 Å². The summed E-state index contributed by atoms with van der Waals surface area (Å²) in [6, 6.07) is 8.34. The van der Waals surface area contributed by atoms with Crippen molar-refractivity contribution in [2.75, 3.05) is 45.6 Å². The van der Waals surface area contributed by atoms with E-state index in [1.54, 1.807) is 11.4 Å². The lowest BCUT2D eigenvalue weighted by atomic mass is 10.1. The van der Waals surface area contributed by atoms with Crippen LogP contribution in [0.5, 0.6) is 0 Å². The maximum absolute atomic E-state index is 12.4. The van der Waals surface area contributed by atoms with Crippen LogP contribution >= 0.6 is 24.0 Å². The van der Waals surface area contributed by atoms with E-state index >= 15 is 0 Å². The van der Waals surface area contributed by atoms with Gasteiger partial charge in [-0.25, -0.2) is 8.42 Å². The highest BCUT2D eigenvalue weighted by Crippen LogP contribution is 2.10. The van der Waals surface area contributed by atoms with Gasteiger partial charge in [-0.1, -0.05) is 29.8 Å². The highest BCUT2D eigenvalue weighted by molar-refractivity contribution is 14.0. The van der Waals surface area contributed by atoms with Gasteiger partial charge >= 0.3 is 0 Å². The van der Waals surface area contributed by atoms with Crippen molar-refractivity contribution in [3.05, 3.63) is 35.4 Å². The Labute approximate surface area is 186 Å². The van der Waals surface area contributed by atoms with Gasteiger partial charge in [0, 0.05) is 39.8 Å². The van der Waals surface area contributed by atoms with Crippen LogP contribution in [0.4, 0.5) is 0 Å². The number of halogens is 1. The fraction of sp³-hybridized carbons (Fsp3) is 0.632. The minimum atomic E-state index is -3.27. The minimum absolute atomic E-state index is 0. The summed E-state index contributed by atoms with van der Waals surface area (Å²) >= 11 is 0. The van der Waals surface area contributed by atoms with Gasteiger partial charge in [-0.05, 0) is 26.3 Å². The first-order valence-corrected chi connectivity index (χ1v) is 11.0. The van der Waals surface area contributed by atoms with E-state index in [0.29, 0.717) is 32.7 Å². The molecule has 1 aliphatic heterocycles. The maximum atomic E-state index is 12.4. The maximum Gasteiger partial charge on any atom is 0.216 e. The second-order valence-corrected chi connectivity index (χ2v) is 9.10. The summed E-state index contributed by atoms with van der Waals surface area (Å²) in [7, 11) is -1.52. The molecule has 1 aromatic rings. The van der Waals surface area contributed by atoms with Crippen molar-refractivity contribution in [3.63, 3.8) is 0 Å². The number of aliphatic imine (C=N–C) groups is 1. The Hall–Kier alpha value is -0.910. The standard InChI is InChI=1S/C19H32N4O3S.HI/c1-16(2)26-12-13-27(24,25)23-10-8-22(9-11-23)19(20-4)21-15-18-7-5-6-17(3)14-18;/h5-7,14,16H,8-13,15H2,1-4H3,(H,20,21);1H. The SMILES string of the molecule is CN=C(NCc1cccc(C)c1)N1CCN(S(=O)(=O)CCOC(C)C)CC1.I. The van der Waals surface area contributed by atoms with E-state index in [9.17, 15) is 8.42 Å². The zero-order chi connectivity index (χ0) is 19.9. The molecule has 1 aromatic carbocycles. The van der Waals surface area contributed by atoms with Gasteiger partial charge in [-0.15, -0.1) is 24.0 Å². The molecule has 7 nitrogen and oxygen atoms in total. The van der Waals surface area contributed by atoms with Crippen molar-refractivity contribution in [2.45, 2.75) is 33.4 Å². The summed E-state index contributed by atoms with van der Waals surface area (Å²) in [6.07, 6.45) is 0.0415. The summed E-state index contributed by atoms with van der Waals surface area (Å²) in [5.74, 6) is 0.836. The van der Waals surface area contributed by atoms with E-state index in [0.717, 1.165) is 5.96 Å². The number of nitrogens with one attached hydrogen (secondary N) is 1. The summed E-state index contributed by atoms with van der Waals surface area (Å²) < 4.78 is 31.8. The third kappa shape index (κ3) is 7.84. The Balaban J connectivity index is 0.00000392. The molecule has 160 valence electrons. The molecule has 0 atom stereocenters. The number of piperazine rings is 1. The van der Waals surface area contributed by atoms with Gasteiger partial charge in [0.25, 0.3) is 0 Å². The zero-order valence-electron chi connectivity index (χ0n) is 17.2. The fourth-order valence-corrected chi connectivity index (χ4v) is 4.32. The molecule has 0 radical (unpaired) electrons. The predicted molar refractivity (Wildman–Crippen MR) is 125 cm³/mol. The summed E-state index contributed by atoms with van der Waals surface area (Å²) in [4.78, 5) is 6.45. The molecule has 0 amide bonds. The molecular formula is C19H33IN4O3S. The number of nitrogens with zero attached hydrogens (tertiary/aromatic N) is 3. The molecule has 1 aliphatic rings. The normalized spacial score (nSPS) is 16.2. The second kappa shape index (κ2) is 11.9. The van der Waals surface area contributed by atoms with E-state index in [4.69, 9.17) is 4.74 Å². The van der Waals surface area contributed by atoms with E-state index in [1.807, 2.05) is 19.9 Å². The molecule has 1 fully saturated rings. The molecule has 0 saturated carbocycles. The van der Waals surface area contributed by atoms with Crippen molar-refractivity contribution < 1.29 is 13.2 Å². The van der Waals surface area contributed by atoms with Gasteiger partial charge in [-0.3, -0.25) is 4.99 Å². The van der Waals surface area contributed by atoms with Crippen molar-refractivity contribution in [1.29, 1.82) is 0 Å². The van der Waals surface area contributed by atoms with Crippen LogP contribution in [0.1, 0.15) is 25.0 Å². The predicted octanol–water partition coefficient (Wildman–Crippen LogP) is 2.06. The van der Waals surface area contributed by atoms with Crippen molar-refractivity contribution in [2.24, 2.45) is 4.99 Å². The molecule has 28 heavy (non-hydrogen) atoms. The largest absolute Gasteiger partial charge is 0.378 e. The minimum Gasteiger partial charge on any atom is -0.378 e. The van der Waals surface area contributed by atoms with Gasteiger partial charge in [0.05, 0.1) is 18.5 Å². The number of ether oxygens (including phenoxy) is 1. The van der Waals surface area contributed by atoms with Crippen molar-refractivity contribution in [3.8, 4) is 0 Å². The number of aryl methyl sites for hydroxylation is 1. The fourth-order valence-electron chi connectivity index (χ4n) is 3.03.